The fourth-order valence-electron chi connectivity index (χ4n) is 3.29. The number of quaternary nitrogens is 1. The van der Waals surface area contributed by atoms with E-state index >= 15 is 0 Å². The van der Waals surface area contributed by atoms with Crippen LogP contribution >= 0.6 is 0 Å². The van der Waals surface area contributed by atoms with E-state index in [0.717, 1.165) is 41.8 Å². The number of likely N-dealkylation sites (N-methyl/N-ethyl adjacent to an activating group) is 1. The quantitative estimate of drug-likeness (QED) is 0.600. The van der Waals surface area contributed by atoms with Gasteiger partial charge in [0.1, 0.15) is 6.54 Å². The number of hydrogen-bond acceptors (Lipinski definition) is 3. The summed E-state index contributed by atoms with van der Waals surface area (Å²) in [5.41, 5.74) is 1.55. The Morgan fingerprint density at radius 2 is 1.32 bits per heavy atom. The highest BCUT2D eigenvalue weighted by Gasteiger charge is 2.31. The van der Waals surface area contributed by atoms with Gasteiger partial charge in [0.05, 0.1) is 26.7 Å². The molecule has 130 valence electrons. The molecule has 0 N–H and O–H groups in total. The van der Waals surface area contributed by atoms with E-state index in [9.17, 15) is 9.59 Å². The lowest BCUT2D eigenvalue weighted by molar-refractivity contribution is -0.905. The third-order valence-corrected chi connectivity index (χ3v) is 5.00. The van der Waals surface area contributed by atoms with Gasteiger partial charge in [0.25, 0.3) is 0 Å². The molecule has 25 heavy (non-hydrogen) atoms. The Morgan fingerprint density at radius 3 is 1.84 bits per heavy atom. The molecular formula is C21H25N2O2+. The zero-order valence-corrected chi connectivity index (χ0v) is 14.7. The Balaban J connectivity index is 1.52. The standard InChI is InChI=1S/C21H25N2O2/c1-23(17-21(25)19-10-6-3-7-11-19)14-12-22(13-15-23)16-20(24)18-8-4-2-5-9-18/h2-11H,12-17H2,1H3/q+1. The lowest BCUT2D eigenvalue weighted by Crippen LogP contribution is -2.59. The van der Waals surface area contributed by atoms with Crippen LogP contribution in [-0.2, 0) is 0 Å². The van der Waals surface area contributed by atoms with E-state index in [1.54, 1.807) is 0 Å². The Labute approximate surface area is 149 Å². The van der Waals surface area contributed by atoms with Crippen LogP contribution in [0.2, 0.25) is 0 Å². The van der Waals surface area contributed by atoms with E-state index in [2.05, 4.69) is 11.9 Å². The number of benzene rings is 2. The SMILES string of the molecule is C[N+]1(CC(=O)c2ccccc2)CCN(CC(=O)c2ccccc2)CC1. The van der Waals surface area contributed by atoms with E-state index in [1.165, 1.54) is 0 Å². The number of nitrogens with zero attached hydrogens (tertiary/aromatic N) is 2. The van der Waals surface area contributed by atoms with Crippen molar-refractivity contribution in [1.29, 1.82) is 0 Å². The molecule has 1 heterocycles. The Morgan fingerprint density at radius 1 is 0.840 bits per heavy atom. The van der Waals surface area contributed by atoms with Crippen LogP contribution in [0.4, 0.5) is 0 Å². The van der Waals surface area contributed by atoms with Gasteiger partial charge in [0.15, 0.2) is 5.78 Å². The molecule has 0 aromatic heterocycles. The Hall–Kier alpha value is -2.30. The van der Waals surface area contributed by atoms with Crippen LogP contribution in [0.15, 0.2) is 60.7 Å². The van der Waals surface area contributed by atoms with Crippen LogP contribution in [0.3, 0.4) is 0 Å². The van der Waals surface area contributed by atoms with Crippen molar-refractivity contribution in [1.82, 2.24) is 4.90 Å². The summed E-state index contributed by atoms with van der Waals surface area (Å²) < 4.78 is 0.740. The van der Waals surface area contributed by atoms with Crippen LogP contribution in [0.5, 0.6) is 0 Å². The third-order valence-electron chi connectivity index (χ3n) is 5.00. The number of carbonyl (C=O) groups is 2. The number of rotatable bonds is 6. The van der Waals surface area contributed by atoms with Crippen molar-refractivity contribution < 1.29 is 14.1 Å². The summed E-state index contributed by atoms with van der Waals surface area (Å²) in [6, 6.07) is 18.9. The Kier molecular flexibility index (Phi) is 5.41. The summed E-state index contributed by atoms with van der Waals surface area (Å²) in [5.74, 6) is 0.356. The van der Waals surface area contributed by atoms with Gasteiger partial charge in [-0.1, -0.05) is 60.7 Å². The van der Waals surface area contributed by atoms with Crippen molar-refractivity contribution in [2.45, 2.75) is 0 Å². The third kappa shape index (κ3) is 4.62. The van der Waals surface area contributed by atoms with Crippen molar-refractivity contribution in [2.24, 2.45) is 0 Å². The summed E-state index contributed by atoms with van der Waals surface area (Å²) in [7, 11) is 2.14. The van der Waals surface area contributed by atoms with E-state index in [-0.39, 0.29) is 11.6 Å². The molecule has 2 aromatic rings. The van der Waals surface area contributed by atoms with Crippen LogP contribution < -0.4 is 0 Å². The molecule has 0 radical (unpaired) electrons. The second-order valence-electron chi connectivity index (χ2n) is 7.08. The molecule has 0 amide bonds. The lowest BCUT2D eigenvalue weighted by Gasteiger charge is -2.41. The van der Waals surface area contributed by atoms with Crippen LogP contribution in [-0.4, -0.2) is 67.3 Å². The second kappa shape index (κ2) is 7.72. The maximum absolute atomic E-state index is 12.5. The average Bonchev–Trinajstić information content (AvgIpc) is 2.65. The highest BCUT2D eigenvalue weighted by molar-refractivity contribution is 5.97. The smallest absolute Gasteiger partial charge is 0.216 e. The second-order valence-corrected chi connectivity index (χ2v) is 7.08. The molecule has 1 fully saturated rings. The fraction of sp³-hybridized carbons (Fsp3) is 0.333. The largest absolute Gasteiger partial charge is 0.317 e. The maximum atomic E-state index is 12.5. The molecule has 0 saturated carbocycles. The average molecular weight is 337 g/mol. The normalized spacial score (nSPS) is 17.2. The minimum Gasteiger partial charge on any atom is -0.317 e. The number of ketones is 2. The van der Waals surface area contributed by atoms with Gasteiger partial charge in [-0.05, 0) is 0 Å². The van der Waals surface area contributed by atoms with Crippen molar-refractivity contribution in [3.8, 4) is 0 Å². The van der Waals surface area contributed by atoms with Crippen molar-refractivity contribution in [2.75, 3.05) is 46.3 Å². The molecule has 0 bridgehead atoms. The zero-order chi connectivity index (χ0) is 17.7. The first-order valence-corrected chi connectivity index (χ1v) is 8.78. The summed E-state index contributed by atoms with van der Waals surface area (Å²) in [5, 5.41) is 0. The van der Waals surface area contributed by atoms with Gasteiger partial charge < -0.3 is 4.48 Å². The number of piperazine rings is 1. The molecule has 2 aromatic carbocycles. The van der Waals surface area contributed by atoms with Gasteiger partial charge >= 0.3 is 0 Å². The Bertz CT molecular complexity index is 720. The summed E-state index contributed by atoms with van der Waals surface area (Å²) in [4.78, 5) is 27.0. The predicted octanol–water partition coefficient (Wildman–Crippen LogP) is 2.51. The molecule has 1 saturated heterocycles. The molecule has 4 nitrogen and oxygen atoms in total. The lowest BCUT2D eigenvalue weighted by atomic mass is 10.1. The van der Waals surface area contributed by atoms with E-state index in [1.807, 2.05) is 60.7 Å². The molecule has 0 aliphatic carbocycles. The first kappa shape index (κ1) is 17.5. The summed E-state index contributed by atoms with van der Waals surface area (Å²) in [6.07, 6.45) is 0. The zero-order valence-electron chi connectivity index (χ0n) is 14.7. The molecule has 0 atom stereocenters. The van der Waals surface area contributed by atoms with Gasteiger partial charge in [-0.2, -0.15) is 0 Å². The van der Waals surface area contributed by atoms with Gasteiger partial charge in [0, 0.05) is 24.2 Å². The molecular weight excluding hydrogens is 312 g/mol. The van der Waals surface area contributed by atoms with Crippen molar-refractivity contribution >= 4 is 11.6 Å². The fourth-order valence-corrected chi connectivity index (χ4v) is 3.29. The van der Waals surface area contributed by atoms with Crippen molar-refractivity contribution in [3.63, 3.8) is 0 Å². The number of hydrogen-bond donors (Lipinski definition) is 0. The number of Topliss-reactive ketones (excluding diaryl/α,β-unsaturated/α-hetero) is 2. The van der Waals surface area contributed by atoms with Crippen molar-refractivity contribution in [3.05, 3.63) is 71.8 Å². The summed E-state index contributed by atoms with van der Waals surface area (Å²) >= 11 is 0. The van der Waals surface area contributed by atoms with Crippen LogP contribution in [0.25, 0.3) is 0 Å². The minimum atomic E-state index is 0.164. The highest BCUT2D eigenvalue weighted by atomic mass is 16.1. The highest BCUT2D eigenvalue weighted by Crippen LogP contribution is 2.13. The summed E-state index contributed by atoms with van der Waals surface area (Å²) in [6.45, 7) is 4.44. The maximum Gasteiger partial charge on any atom is 0.216 e. The molecule has 3 rings (SSSR count). The predicted molar refractivity (Wildman–Crippen MR) is 98.8 cm³/mol. The minimum absolute atomic E-state index is 0.164. The molecule has 1 aliphatic heterocycles. The first-order valence-electron chi connectivity index (χ1n) is 8.78. The van der Waals surface area contributed by atoms with E-state index in [0.29, 0.717) is 13.1 Å². The van der Waals surface area contributed by atoms with E-state index < -0.39 is 0 Å². The molecule has 4 heteroatoms. The molecule has 0 unspecified atom stereocenters. The van der Waals surface area contributed by atoms with Gasteiger partial charge in [-0.15, -0.1) is 0 Å². The van der Waals surface area contributed by atoms with Crippen LogP contribution in [0, 0.1) is 0 Å². The first-order chi connectivity index (χ1) is 12.1. The monoisotopic (exact) mass is 337 g/mol. The van der Waals surface area contributed by atoms with Gasteiger partial charge in [0.2, 0.25) is 5.78 Å². The van der Waals surface area contributed by atoms with Crippen LogP contribution in [0.1, 0.15) is 20.7 Å². The molecule has 0 spiro atoms. The topological polar surface area (TPSA) is 37.4 Å². The van der Waals surface area contributed by atoms with Gasteiger partial charge in [-0.25, -0.2) is 0 Å². The number of carbonyl (C=O) groups excluding carboxylic acids is 2. The van der Waals surface area contributed by atoms with Gasteiger partial charge in [-0.3, -0.25) is 14.5 Å². The molecule has 1 aliphatic rings. The van der Waals surface area contributed by atoms with E-state index in [4.69, 9.17) is 0 Å².